The maximum atomic E-state index is 12.9. The van der Waals surface area contributed by atoms with Gasteiger partial charge in [-0.05, 0) is 32.4 Å². The second-order valence-electron chi connectivity index (χ2n) is 6.75. The van der Waals surface area contributed by atoms with Gasteiger partial charge in [0.15, 0.2) is 0 Å². The number of imide groups is 2. The van der Waals surface area contributed by atoms with E-state index in [1.807, 2.05) is 13.8 Å². The third-order valence-corrected chi connectivity index (χ3v) is 4.36. The lowest BCUT2D eigenvalue weighted by Crippen LogP contribution is -2.54. The standard InChI is InChI=1S/C18H20N4O5/c1-9(2)20-14(24)8-19-11-5-3-4-10-15(11)18(27)22(17(10)26)12-6-7-13(23)21-16(12)25/h3-5,9,12,19H,6-8H2,1-2H3,(H,20,24)(H,21,23,25). The summed E-state index contributed by atoms with van der Waals surface area (Å²) in [6, 6.07) is 3.65. The van der Waals surface area contributed by atoms with E-state index in [1.165, 1.54) is 6.07 Å². The van der Waals surface area contributed by atoms with Crippen molar-refractivity contribution in [3.05, 3.63) is 29.3 Å². The zero-order valence-electron chi connectivity index (χ0n) is 15.0. The maximum absolute atomic E-state index is 12.9. The molecule has 2 aliphatic heterocycles. The number of carbonyl (C=O) groups is 5. The van der Waals surface area contributed by atoms with E-state index in [9.17, 15) is 24.0 Å². The molecule has 1 aromatic carbocycles. The first-order chi connectivity index (χ1) is 12.8. The molecule has 9 heteroatoms. The zero-order valence-corrected chi connectivity index (χ0v) is 15.0. The van der Waals surface area contributed by atoms with Crippen LogP contribution in [0, 0.1) is 0 Å². The number of benzene rings is 1. The van der Waals surface area contributed by atoms with Gasteiger partial charge in [0.25, 0.3) is 11.8 Å². The summed E-state index contributed by atoms with van der Waals surface area (Å²) in [6.07, 6.45) is 0.153. The minimum absolute atomic E-state index is 0.0213. The fourth-order valence-electron chi connectivity index (χ4n) is 3.21. The van der Waals surface area contributed by atoms with E-state index >= 15 is 0 Å². The highest BCUT2D eigenvalue weighted by Gasteiger charge is 2.45. The van der Waals surface area contributed by atoms with Crippen molar-refractivity contribution >= 4 is 35.2 Å². The summed E-state index contributed by atoms with van der Waals surface area (Å²) in [6.45, 7) is 3.60. The zero-order chi connectivity index (χ0) is 19.7. The van der Waals surface area contributed by atoms with Crippen molar-refractivity contribution in [1.29, 1.82) is 0 Å². The molecule has 1 atom stereocenters. The number of hydrogen-bond donors (Lipinski definition) is 3. The Labute approximate surface area is 155 Å². The number of rotatable bonds is 5. The van der Waals surface area contributed by atoms with Crippen molar-refractivity contribution in [2.75, 3.05) is 11.9 Å². The van der Waals surface area contributed by atoms with Crippen LogP contribution in [0.15, 0.2) is 18.2 Å². The van der Waals surface area contributed by atoms with Crippen LogP contribution in [0.1, 0.15) is 47.4 Å². The summed E-state index contributed by atoms with van der Waals surface area (Å²) in [5, 5.41) is 7.75. The van der Waals surface area contributed by atoms with Crippen molar-refractivity contribution in [2.24, 2.45) is 0 Å². The van der Waals surface area contributed by atoms with Crippen LogP contribution in [0.5, 0.6) is 0 Å². The van der Waals surface area contributed by atoms with Gasteiger partial charge in [-0.25, -0.2) is 0 Å². The second-order valence-corrected chi connectivity index (χ2v) is 6.75. The minimum atomic E-state index is -1.02. The Bertz CT molecular complexity index is 848. The molecule has 0 bridgehead atoms. The van der Waals surface area contributed by atoms with Crippen molar-refractivity contribution in [3.8, 4) is 0 Å². The predicted molar refractivity (Wildman–Crippen MR) is 94.9 cm³/mol. The molecule has 3 N–H and O–H groups in total. The van der Waals surface area contributed by atoms with Crippen LogP contribution in [0.4, 0.5) is 5.69 Å². The van der Waals surface area contributed by atoms with Gasteiger partial charge in [0.2, 0.25) is 17.7 Å². The molecule has 1 fully saturated rings. The van der Waals surface area contributed by atoms with Crippen LogP contribution < -0.4 is 16.0 Å². The summed E-state index contributed by atoms with van der Waals surface area (Å²) in [7, 11) is 0. The number of anilines is 1. The summed E-state index contributed by atoms with van der Waals surface area (Å²) < 4.78 is 0. The van der Waals surface area contributed by atoms with Gasteiger partial charge in [0, 0.05) is 18.2 Å². The molecule has 0 aliphatic carbocycles. The number of amides is 5. The van der Waals surface area contributed by atoms with E-state index in [-0.39, 0.29) is 42.5 Å². The van der Waals surface area contributed by atoms with E-state index in [1.54, 1.807) is 12.1 Å². The Hall–Kier alpha value is -3.23. The Morgan fingerprint density at radius 3 is 2.63 bits per heavy atom. The van der Waals surface area contributed by atoms with Crippen LogP contribution in [0.2, 0.25) is 0 Å². The Morgan fingerprint density at radius 1 is 1.22 bits per heavy atom. The number of carbonyl (C=O) groups excluding carboxylic acids is 5. The van der Waals surface area contributed by atoms with Crippen molar-refractivity contribution < 1.29 is 24.0 Å². The molecule has 1 unspecified atom stereocenters. The van der Waals surface area contributed by atoms with Crippen LogP contribution in [-0.2, 0) is 14.4 Å². The fraction of sp³-hybridized carbons (Fsp3) is 0.389. The minimum Gasteiger partial charge on any atom is -0.375 e. The topological polar surface area (TPSA) is 125 Å². The molecule has 0 spiro atoms. The van der Waals surface area contributed by atoms with Crippen LogP contribution in [-0.4, -0.2) is 53.1 Å². The van der Waals surface area contributed by atoms with E-state index in [0.717, 1.165) is 4.90 Å². The number of hydrogen-bond acceptors (Lipinski definition) is 6. The van der Waals surface area contributed by atoms with E-state index in [4.69, 9.17) is 0 Å². The molecular formula is C18H20N4O5. The molecule has 1 aromatic rings. The molecule has 142 valence electrons. The van der Waals surface area contributed by atoms with Gasteiger partial charge in [0.05, 0.1) is 17.7 Å². The highest BCUT2D eigenvalue weighted by Crippen LogP contribution is 2.32. The predicted octanol–water partition coefficient (Wildman–Crippen LogP) is 0.0243. The van der Waals surface area contributed by atoms with Crippen LogP contribution in [0.25, 0.3) is 0 Å². The molecule has 0 aromatic heterocycles. The maximum Gasteiger partial charge on any atom is 0.264 e. The van der Waals surface area contributed by atoms with E-state index in [2.05, 4.69) is 16.0 Å². The first-order valence-corrected chi connectivity index (χ1v) is 8.67. The van der Waals surface area contributed by atoms with E-state index in [0.29, 0.717) is 5.69 Å². The van der Waals surface area contributed by atoms with Gasteiger partial charge in [-0.3, -0.25) is 34.2 Å². The van der Waals surface area contributed by atoms with Crippen LogP contribution in [0.3, 0.4) is 0 Å². The summed E-state index contributed by atoms with van der Waals surface area (Å²) in [4.78, 5) is 61.7. The summed E-state index contributed by atoms with van der Waals surface area (Å²) >= 11 is 0. The fourth-order valence-corrected chi connectivity index (χ4v) is 3.21. The lowest BCUT2D eigenvalue weighted by atomic mass is 10.0. The van der Waals surface area contributed by atoms with E-state index < -0.39 is 29.7 Å². The Kier molecular flexibility index (Phi) is 4.93. The normalized spacial score (nSPS) is 19.2. The second kappa shape index (κ2) is 7.18. The first-order valence-electron chi connectivity index (χ1n) is 8.67. The van der Waals surface area contributed by atoms with Crippen LogP contribution >= 0.6 is 0 Å². The van der Waals surface area contributed by atoms with Gasteiger partial charge in [-0.2, -0.15) is 0 Å². The number of nitrogens with one attached hydrogen (secondary N) is 3. The van der Waals surface area contributed by atoms with Gasteiger partial charge in [-0.15, -0.1) is 0 Å². The molecule has 5 amide bonds. The molecule has 0 radical (unpaired) electrons. The molecule has 3 rings (SSSR count). The average Bonchev–Trinajstić information content (AvgIpc) is 2.85. The molecule has 2 heterocycles. The number of nitrogens with zero attached hydrogens (tertiary/aromatic N) is 1. The SMILES string of the molecule is CC(C)NC(=O)CNc1cccc2c1C(=O)N(C1CCC(=O)NC1=O)C2=O. The third kappa shape index (κ3) is 3.53. The molecule has 27 heavy (non-hydrogen) atoms. The lowest BCUT2D eigenvalue weighted by molar-refractivity contribution is -0.136. The average molecular weight is 372 g/mol. The Balaban J connectivity index is 1.83. The number of piperidine rings is 1. The van der Waals surface area contributed by atoms with Crippen molar-refractivity contribution in [2.45, 2.75) is 38.8 Å². The van der Waals surface area contributed by atoms with Gasteiger partial charge in [0.1, 0.15) is 6.04 Å². The first kappa shape index (κ1) is 18.6. The van der Waals surface area contributed by atoms with Crippen molar-refractivity contribution in [1.82, 2.24) is 15.5 Å². The molecule has 0 saturated carbocycles. The van der Waals surface area contributed by atoms with Crippen molar-refractivity contribution in [3.63, 3.8) is 0 Å². The summed E-state index contributed by atoms with van der Waals surface area (Å²) in [5.74, 6) is -2.53. The molecule has 1 saturated heterocycles. The monoisotopic (exact) mass is 372 g/mol. The van der Waals surface area contributed by atoms with Gasteiger partial charge in [-0.1, -0.05) is 6.07 Å². The number of fused-ring (bicyclic) bond motifs is 1. The highest BCUT2D eigenvalue weighted by atomic mass is 16.2. The summed E-state index contributed by atoms with van der Waals surface area (Å²) in [5.41, 5.74) is 0.642. The van der Waals surface area contributed by atoms with Gasteiger partial charge >= 0.3 is 0 Å². The molecular weight excluding hydrogens is 352 g/mol. The third-order valence-electron chi connectivity index (χ3n) is 4.36. The smallest absolute Gasteiger partial charge is 0.264 e. The Morgan fingerprint density at radius 2 is 1.96 bits per heavy atom. The lowest BCUT2D eigenvalue weighted by Gasteiger charge is -2.27. The highest BCUT2D eigenvalue weighted by molar-refractivity contribution is 6.25. The quantitative estimate of drug-likeness (QED) is 0.626. The molecule has 9 nitrogen and oxygen atoms in total. The molecule has 2 aliphatic rings. The van der Waals surface area contributed by atoms with Gasteiger partial charge < -0.3 is 10.6 Å². The largest absolute Gasteiger partial charge is 0.375 e.